The first kappa shape index (κ1) is 14.2. The van der Waals surface area contributed by atoms with Gasteiger partial charge in [-0.15, -0.1) is 0 Å². The lowest BCUT2D eigenvalue weighted by molar-refractivity contribution is -0.116. The van der Waals surface area contributed by atoms with Crippen LogP contribution in [0.2, 0.25) is 5.02 Å². The molecule has 0 aliphatic heterocycles. The highest BCUT2D eigenvalue weighted by atomic mass is 35.5. The number of rotatable bonds is 6. The number of anilines is 2. The molecule has 1 aromatic carbocycles. The van der Waals surface area contributed by atoms with E-state index in [2.05, 4.69) is 17.1 Å². The molecule has 5 heteroatoms. The topological polar surface area (TPSA) is 58.4 Å². The van der Waals surface area contributed by atoms with Crippen molar-refractivity contribution < 1.29 is 4.79 Å². The summed E-state index contributed by atoms with van der Waals surface area (Å²) in [4.78, 5) is 14.2. The number of benzene rings is 1. The summed E-state index contributed by atoms with van der Waals surface area (Å²) in [6.07, 6.45) is 3.02. The van der Waals surface area contributed by atoms with Gasteiger partial charge in [-0.1, -0.05) is 18.5 Å². The molecule has 0 aromatic heterocycles. The van der Waals surface area contributed by atoms with Crippen LogP contribution in [0.1, 0.15) is 26.2 Å². The summed E-state index contributed by atoms with van der Waals surface area (Å²) in [5.74, 6) is -0.00637. The van der Waals surface area contributed by atoms with Gasteiger partial charge in [0.05, 0.1) is 11.4 Å². The first-order chi connectivity index (χ1) is 9.10. The number of carbonyl (C=O) groups excluding carboxylic acids is 1. The van der Waals surface area contributed by atoms with Crippen molar-refractivity contribution in [3.63, 3.8) is 0 Å². The number of hydrogen-bond acceptors (Lipinski definition) is 3. The number of nitrogens with one attached hydrogen (secondary N) is 1. The molecule has 0 spiro atoms. The lowest BCUT2D eigenvalue weighted by Gasteiger charge is -2.19. The summed E-state index contributed by atoms with van der Waals surface area (Å²) in [5, 5.41) is 3.40. The summed E-state index contributed by atoms with van der Waals surface area (Å²) >= 11 is 5.82. The average Bonchev–Trinajstić information content (AvgIpc) is 3.18. The highest BCUT2D eigenvalue weighted by Gasteiger charge is 2.27. The largest absolute Gasteiger partial charge is 0.397 e. The van der Waals surface area contributed by atoms with Gasteiger partial charge in [-0.25, -0.2) is 0 Å². The van der Waals surface area contributed by atoms with Crippen LogP contribution < -0.4 is 11.1 Å². The molecule has 104 valence electrons. The maximum Gasteiger partial charge on any atom is 0.225 e. The summed E-state index contributed by atoms with van der Waals surface area (Å²) in [7, 11) is 0. The van der Waals surface area contributed by atoms with Crippen molar-refractivity contribution in [2.45, 2.75) is 32.2 Å². The second-order valence-electron chi connectivity index (χ2n) is 4.89. The molecule has 0 saturated heterocycles. The van der Waals surface area contributed by atoms with Crippen molar-refractivity contribution in [2.24, 2.45) is 0 Å². The molecule has 1 saturated carbocycles. The Kier molecular flexibility index (Phi) is 4.66. The summed E-state index contributed by atoms with van der Waals surface area (Å²) in [6, 6.07) is 5.78. The van der Waals surface area contributed by atoms with Crippen molar-refractivity contribution in [3.05, 3.63) is 23.2 Å². The first-order valence-electron chi connectivity index (χ1n) is 6.69. The van der Waals surface area contributed by atoms with Crippen LogP contribution in [0.5, 0.6) is 0 Å². The molecule has 1 aromatic rings. The third-order valence-corrected chi connectivity index (χ3v) is 3.62. The molecular weight excluding hydrogens is 262 g/mol. The van der Waals surface area contributed by atoms with E-state index in [1.165, 1.54) is 12.8 Å². The van der Waals surface area contributed by atoms with Crippen LogP contribution >= 0.6 is 11.6 Å². The van der Waals surface area contributed by atoms with Crippen LogP contribution in [0.3, 0.4) is 0 Å². The highest BCUT2D eigenvalue weighted by Crippen LogP contribution is 2.26. The van der Waals surface area contributed by atoms with Gasteiger partial charge in [0.15, 0.2) is 0 Å². The molecule has 0 bridgehead atoms. The fourth-order valence-electron chi connectivity index (χ4n) is 2.14. The Morgan fingerprint density at radius 3 is 2.84 bits per heavy atom. The molecule has 0 radical (unpaired) electrons. The average molecular weight is 282 g/mol. The molecule has 0 unspecified atom stereocenters. The quantitative estimate of drug-likeness (QED) is 0.788. The minimum absolute atomic E-state index is 0.00637. The van der Waals surface area contributed by atoms with Crippen molar-refractivity contribution >= 4 is 28.9 Å². The maximum absolute atomic E-state index is 11.9. The molecule has 1 fully saturated rings. The number of nitrogen functional groups attached to an aromatic ring is 1. The van der Waals surface area contributed by atoms with E-state index < -0.39 is 0 Å². The highest BCUT2D eigenvalue weighted by molar-refractivity contribution is 6.31. The zero-order valence-corrected chi connectivity index (χ0v) is 11.9. The summed E-state index contributed by atoms with van der Waals surface area (Å²) < 4.78 is 0. The molecule has 19 heavy (non-hydrogen) atoms. The van der Waals surface area contributed by atoms with E-state index >= 15 is 0 Å². The Bertz CT molecular complexity index is 460. The molecule has 2 rings (SSSR count). The molecule has 1 amide bonds. The van der Waals surface area contributed by atoms with Gasteiger partial charge in [-0.3, -0.25) is 4.79 Å². The van der Waals surface area contributed by atoms with Gasteiger partial charge in [0.25, 0.3) is 0 Å². The summed E-state index contributed by atoms with van der Waals surface area (Å²) in [6.45, 7) is 3.94. The third-order valence-electron chi connectivity index (χ3n) is 3.38. The van der Waals surface area contributed by atoms with Gasteiger partial charge in [0.1, 0.15) is 0 Å². The van der Waals surface area contributed by atoms with E-state index in [1.54, 1.807) is 18.2 Å². The van der Waals surface area contributed by atoms with Crippen LogP contribution in [0.15, 0.2) is 18.2 Å². The standard InChI is InChI=1S/C14H20ClN3O/c1-2-18(11-4-5-11)8-7-14(19)17-13-6-3-10(15)9-12(13)16/h3,6,9,11H,2,4-5,7-8,16H2,1H3,(H,17,19). The lowest BCUT2D eigenvalue weighted by Crippen LogP contribution is -2.29. The summed E-state index contributed by atoms with van der Waals surface area (Å²) in [5.41, 5.74) is 6.92. The number of amides is 1. The molecular formula is C14H20ClN3O. The molecule has 3 N–H and O–H groups in total. The number of nitrogens with zero attached hydrogens (tertiary/aromatic N) is 1. The van der Waals surface area contributed by atoms with E-state index in [0.29, 0.717) is 28.9 Å². The zero-order valence-electron chi connectivity index (χ0n) is 11.2. The zero-order chi connectivity index (χ0) is 13.8. The van der Waals surface area contributed by atoms with Gasteiger partial charge < -0.3 is 16.0 Å². The monoisotopic (exact) mass is 281 g/mol. The fraction of sp³-hybridized carbons (Fsp3) is 0.500. The molecule has 0 atom stereocenters. The number of hydrogen-bond donors (Lipinski definition) is 2. The normalized spacial score (nSPS) is 14.7. The van der Waals surface area contributed by atoms with Gasteiger partial charge >= 0.3 is 0 Å². The fourth-order valence-corrected chi connectivity index (χ4v) is 2.32. The maximum atomic E-state index is 11.9. The molecule has 0 heterocycles. The first-order valence-corrected chi connectivity index (χ1v) is 7.07. The van der Waals surface area contributed by atoms with Gasteiger partial charge in [0.2, 0.25) is 5.91 Å². The SMILES string of the molecule is CCN(CCC(=O)Nc1ccc(Cl)cc1N)C1CC1. The smallest absolute Gasteiger partial charge is 0.225 e. The van der Waals surface area contributed by atoms with Crippen LogP contribution in [0.4, 0.5) is 11.4 Å². The van der Waals surface area contributed by atoms with Crippen molar-refractivity contribution in [1.82, 2.24) is 4.90 Å². The van der Waals surface area contributed by atoms with E-state index in [-0.39, 0.29) is 5.91 Å². The van der Waals surface area contributed by atoms with Gasteiger partial charge in [-0.05, 0) is 37.6 Å². The van der Waals surface area contributed by atoms with E-state index in [1.807, 2.05) is 0 Å². The van der Waals surface area contributed by atoms with Gasteiger partial charge in [-0.2, -0.15) is 0 Å². The molecule has 1 aliphatic carbocycles. The number of halogens is 1. The Hall–Kier alpha value is -1.26. The minimum Gasteiger partial charge on any atom is -0.397 e. The van der Waals surface area contributed by atoms with Crippen LogP contribution in [0, 0.1) is 0 Å². The Balaban J connectivity index is 1.83. The second-order valence-corrected chi connectivity index (χ2v) is 5.33. The van der Waals surface area contributed by atoms with Crippen molar-refractivity contribution in [2.75, 3.05) is 24.1 Å². The Morgan fingerprint density at radius 2 is 2.26 bits per heavy atom. The number of nitrogens with two attached hydrogens (primary N) is 1. The van der Waals surface area contributed by atoms with Crippen molar-refractivity contribution in [3.8, 4) is 0 Å². The molecule has 4 nitrogen and oxygen atoms in total. The van der Waals surface area contributed by atoms with Crippen LogP contribution in [-0.2, 0) is 4.79 Å². The molecule has 1 aliphatic rings. The third kappa shape index (κ3) is 4.11. The van der Waals surface area contributed by atoms with Crippen molar-refractivity contribution in [1.29, 1.82) is 0 Å². The predicted molar refractivity (Wildman–Crippen MR) is 79.4 cm³/mol. The van der Waals surface area contributed by atoms with E-state index in [4.69, 9.17) is 17.3 Å². The van der Waals surface area contributed by atoms with E-state index in [0.717, 1.165) is 13.1 Å². The van der Waals surface area contributed by atoms with Crippen LogP contribution in [-0.4, -0.2) is 29.9 Å². The Labute approximate surface area is 118 Å². The number of carbonyl (C=O) groups is 1. The van der Waals surface area contributed by atoms with Crippen LogP contribution in [0.25, 0.3) is 0 Å². The predicted octanol–water partition coefficient (Wildman–Crippen LogP) is 2.74. The second kappa shape index (κ2) is 6.26. The van der Waals surface area contributed by atoms with E-state index in [9.17, 15) is 4.79 Å². The minimum atomic E-state index is -0.00637. The lowest BCUT2D eigenvalue weighted by atomic mass is 10.2. The Morgan fingerprint density at radius 1 is 1.53 bits per heavy atom. The van der Waals surface area contributed by atoms with Gasteiger partial charge in [0, 0.05) is 24.0 Å².